The molecule has 1 atom stereocenters. The number of carboxylic acid groups (broad SMARTS) is 1. The fraction of sp³-hybridized carbons (Fsp3) is 0.429. The third kappa shape index (κ3) is 2.28. The maximum absolute atomic E-state index is 11.1. The average molecular weight is 341 g/mol. The van der Waals surface area contributed by atoms with Crippen LogP contribution in [-0.2, 0) is 4.79 Å². The van der Waals surface area contributed by atoms with Gasteiger partial charge in [-0.1, -0.05) is 15.9 Å². The van der Waals surface area contributed by atoms with Crippen molar-refractivity contribution in [1.82, 2.24) is 0 Å². The molecule has 1 saturated carbocycles. The van der Waals surface area contributed by atoms with Crippen molar-refractivity contribution < 1.29 is 24.2 Å². The lowest BCUT2D eigenvalue weighted by Crippen LogP contribution is -2.10. The maximum atomic E-state index is 11.1. The summed E-state index contributed by atoms with van der Waals surface area (Å²) in [6.07, 6.45) is 2.82. The predicted molar refractivity (Wildman–Crippen MR) is 73.4 cm³/mol. The summed E-state index contributed by atoms with van der Waals surface area (Å²) in [5.41, 5.74) is 1.23. The smallest absolute Gasteiger partial charge is 0.303 e. The number of hydrogen-bond donors (Lipinski definition) is 1. The summed E-state index contributed by atoms with van der Waals surface area (Å²) in [5, 5.41) is 9.12. The summed E-state index contributed by atoms with van der Waals surface area (Å²) >= 11 is 3.44. The molecule has 0 radical (unpaired) electrons. The number of aldehydes is 1. The van der Waals surface area contributed by atoms with E-state index in [9.17, 15) is 9.59 Å². The Labute approximate surface area is 124 Å². The van der Waals surface area contributed by atoms with E-state index < -0.39 is 5.97 Å². The Morgan fingerprint density at radius 1 is 1.45 bits per heavy atom. The first kappa shape index (κ1) is 13.4. The zero-order valence-corrected chi connectivity index (χ0v) is 12.2. The highest BCUT2D eigenvalue weighted by Crippen LogP contribution is 2.53. The molecule has 1 heterocycles. The summed E-state index contributed by atoms with van der Waals surface area (Å²) in [6, 6.07) is 1.67. The van der Waals surface area contributed by atoms with Gasteiger partial charge in [-0.25, -0.2) is 0 Å². The van der Waals surface area contributed by atoms with Gasteiger partial charge in [0.15, 0.2) is 17.8 Å². The Bertz CT molecular complexity index is 579. The molecule has 1 fully saturated rings. The molecular formula is C14H13BrO5. The Morgan fingerprint density at radius 2 is 2.15 bits per heavy atom. The van der Waals surface area contributed by atoms with Crippen molar-refractivity contribution in [3.05, 3.63) is 21.7 Å². The van der Waals surface area contributed by atoms with Crippen LogP contribution in [0.25, 0.3) is 0 Å². The first-order valence-corrected chi connectivity index (χ1v) is 7.20. The lowest BCUT2D eigenvalue weighted by molar-refractivity contribution is -0.137. The van der Waals surface area contributed by atoms with Crippen LogP contribution in [0.2, 0.25) is 0 Å². The van der Waals surface area contributed by atoms with Gasteiger partial charge < -0.3 is 14.6 Å². The van der Waals surface area contributed by atoms with E-state index in [4.69, 9.17) is 14.6 Å². The quantitative estimate of drug-likeness (QED) is 0.834. The van der Waals surface area contributed by atoms with Crippen LogP contribution < -0.4 is 9.47 Å². The Morgan fingerprint density at radius 3 is 2.75 bits per heavy atom. The van der Waals surface area contributed by atoms with Crippen molar-refractivity contribution in [3.63, 3.8) is 0 Å². The number of benzene rings is 1. The lowest BCUT2D eigenvalue weighted by Gasteiger charge is -2.19. The minimum absolute atomic E-state index is 0.0551. The molecule has 106 valence electrons. The lowest BCUT2D eigenvalue weighted by atomic mass is 9.89. The van der Waals surface area contributed by atoms with Gasteiger partial charge in [0.2, 0.25) is 6.79 Å². The van der Waals surface area contributed by atoms with Crippen molar-refractivity contribution in [3.8, 4) is 11.5 Å². The van der Waals surface area contributed by atoms with E-state index in [0.717, 1.165) is 18.4 Å². The molecule has 0 spiro atoms. The monoisotopic (exact) mass is 340 g/mol. The average Bonchev–Trinajstić information content (AvgIpc) is 3.13. The third-order valence-corrected chi connectivity index (χ3v) is 4.40. The van der Waals surface area contributed by atoms with E-state index in [-0.39, 0.29) is 19.1 Å². The highest BCUT2D eigenvalue weighted by Gasteiger charge is 2.39. The summed E-state index contributed by atoms with van der Waals surface area (Å²) in [7, 11) is 0. The van der Waals surface area contributed by atoms with E-state index in [1.807, 2.05) is 0 Å². The minimum atomic E-state index is -0.832. The minimum Gasteiger partial charge on any atom is -0.481 e. The fourth-order valence-electron chi connectivity index (χ4n) is 2.71. The number of halogens is 1. The molecule has 0 amide bonds. The van der Waals surface area contributed by atoms with E-state index >= 15 is 0 Å². The van der Waals surface area contributed by atoms with Gasteiger partial charge in [0.25, 0.3) is 0 Å². The van der Waals surface area contributed by atoms with Crippen LogP contribution in [-0.4, -0.2) is 24.2 Å². The van der Waals surface area contributed by atoms with E-state index in [1.165, 1.54) is 0 Å². The number of aliphatic carboxylic acids is 1. The topological polar surface area (TPSA) is 72.8 Å². The van der Waals surface area contributed by atoms with Crippen molar-refractivity contribution in [2.45, 2.75) is 25.2 Å². The maximum Gasteiger partial charge on any atom is 0.303 e. The van der Waals surface area contributed by atoms with Gasteiger partial charge in [-0.15, -0.1) is 0 Å². The number of hydrogen-bond acceptors (Lipinski definition) is 4. The molecule has 1 aliphatic carbocycles. The molecule has 0 bridgehead atoms. The summed E-state index contributed by atoms with van der Waals surface area (Å²) in [4.78, 5) is 22.2. The van der Waals surface area contributed by atoms with Crippen LogP contribution in [0.5, 0.6) is 11.5 Å². The normalized spacial score (nSPS) is 17.9. The fourth-order valence-corrected chi connectivity index (χ4v) is 3.43. The van der Waals surface area contributed by atoms with E-state index in [1.54, 1.807) is 6.07 Å². The van der Waals surface area contributed by atoms with Crippen molar-refractivity contribution >= 4 is 28.2 Å². The molecule has 1 aromatic rings. The van der Waals surface area contributed by atoms with Crippen molar-refractivity contribution in [2.24, 2.45) is 5.92 Å². The molecule has 20 heavy (non-hydrogen) atoms. The summed E-state index contributed by atoms with van der Waals surface area (Å²) < 4.78 is 11.5. The zero-order chi connectivity index (χ0) is 14.3. The number of ether oxygens (including phenoxy) is 2. The Hall–Kier alpha value is -1.56. The number of carbonyl (C=O) groups is 2. The van der Waals surface area contributed by atoms with Crippen molar-refractivity contribution in [2.75, 3.05) is 6.79 Å². The highest BCUT2D eigenvalue weighted by molar-refractivity contribution is 9.10. The van der Waals surface area contributed by atoms with Crippen LogP contribution in [0, 0.1) is 5.92 Å². The molecule has 1 aliphatic heterocycles. The molecule has 0 aromatic heterocycles. The summed E-state index contributed by atoms with van der Waals surface area (Å²) in [6.45, 7) is 0.0596. The molecule has 1 aromatic carbocycles. The number of rotatable bonds is 5. The van der Waals surface area contributed by atoms with Crippen LogP contribution in [0.1, 0.15) is 41.1 Å². The third-order valence-electron chi connectivity index (χ3n) is 3.74. The number of carbonyl (C=O) groups excluding carboxylic acids is 1. The first-order chi connectivity index (χ1) is 9.61. The Kier molecular flexibility index (Phi) is 3.41. The van der Waals surface area contributed by atoms with E-state index in [0.29, 0.717) is 33.7 Å². The number of carboxylic acids is 1. The second kappa shape index (κ2) is 5.09. The van der Waals surface area contributed by atoms with Gasteiger partial charge in [-0.2, -0.15) is 0 Å². The number of fused-ring (bicyclic) bond motifs is 1. The van der Waals surface area contributed by atoms with Crippen LogP contribution in [0.15, 0.2) is 10.5 Å². The van der Waals surface area contributed by atoms with Crippen LogP contribution in [0.4, 0.5) is 0 Å². The molecule has 2 aliphatic rings. The molecule has 5 nitrogen and oxygen atoms in total. The second-order valence-electron chi connectivity index (χ2n) is 5.09. The summed E-state index contributed by atoms with van der Waals surface area (Å²) in [5.74, 6) is 0.352. The van der Waals surface area contributed by atoms with Gasteiger partial charge >= 0.3 is 5.97 Å². The molecular weight excluding hydrogens is 328 g/mol. The molecule has 1 unspecified atom stereocenters. The van der Waals surface area contributed by atoms with Crippen molar-refractivity contribution in [1.29, 1.82) is 0 Å². The second-order valence-corrected chi connectivity index (χ2v) is 5.94. The van der Waals surface area contributed by atoms with Gasteiger partial charge in [-0.3, -0.25) is 9.59 Å². The molecule has 6 heteroatoms. The van der Waals surface area contributed by atoms with Gasteiger partial charge in [0.05, 0.1) is 12.0 Å². The van der Waals surface area contributed by atoms with Gasteiger partial charge in [0, 0.05) is 16.0 Å². The molecule has 3 rings (SSSR count). The Balaban J connectivity index is 2.10. The molecule has 0 saturated heterocycles. The van der Waals surface area contributed by atoms with Crippen LogP contribution in [0.3, 0.4) is 0 Å². The molecule has 1 N–H and O–H groups in total. The predicted octanol–water partition coefficient (Wildman–Crippen LogP) is 2.96. The van der Waals surface area contributed by atoms with Crippen LogP contribution >= 0.6 is 15.9 Å². The SMILES string of the molecule is O=Cc1cc(Br)c(C(CC(=O)O)C2CC2)c2c1OCO2. The van der Waals surface area contributed by atoms with E-state index in [2.05, 4.69) is 15.9 Å². The largest absolute Gasteiger partial charge is 0.481 e. The van der Waals surface area contributed by atoms with Gasteiger partial charge in [-0.05, 0) is 24.8 Å². The first-order valence-electron chi connectivity index (χ1n) is 6.40. The standard InChI is InChI=1S/C14H13BrO5/c15-10-3-8(5-16)13-14(20-6-19-13)12(10)9(4-11(17)18)7-1-2-7/h3,5,7,9H,1-2,4,6H2,(H,17,18). The van der Waals surface area contributed by atoms with Gasteiger partial charge in [0.1, 0.15) is 0 Å². The zero-order valence-electron chi connectivity index (χ0n) is 10.6. The highest BCUT2D eigenvalue weighted by atomic mass is 79.9.